The molecule has 5 heteroatoms. The molecule has 2 rings (SSSR count). The number of pyridine rings is 1. The molecular formula is C11H10N2O3. The number of nitrogens with one attached hydrogen (secondary N) is 1. The number of aromatic nitrogens is 1. The summed E-state index contributed by atoms with van der Waals surface area (Å²) in [5, 5.41) is 10.6. The molecular weight excluding hydrogens is 208 g/mol. The second-order valence-electron chi connectivity index (χ2n) is 3.45. The maximum Gasteiger partial charge on any atom is 0.256 e. The van der Waals surface area contributed by atoms with Gasteiger partial charge in [0.15, 0.2) is 6.10 Å². The Morgan fingerprint density at radius 1 is 1.38 bits per heavy atom. The van der Waals surface area contributed by atoms with Crippen LogP contribution in [0.5, 0.6) is 0 Å². The summed E-state index contributed by atoms with van der Waals surface area (Å²) in [6, 6.07) is 8.42. The summed E-state index contributed by atoms with van der Waals surface area (Å²) < 4.78 is 0. The molecule has 1 unspecified atom stereocenters. The second-order valence-corrected chi connectivity index (χ2v) is 3.45. The number of carbonyl (C=O) groups excluding carboxylic acids is 1. The van der Waals surface area contributed by atoms with Gasteiger partial charge >= 0.3 is 0 Å². The first kappa shape index (κ1) is 10.4. The van der Waals surface area contributed by atoms with E-state index in [0.29, 0.717) is 10.8 Å². The van der Waals surface area contributed by atoms with Gasteiger partial charge in [0.25, 0.3) is 11.5 Å². The van der Waals surface area contributed by atoms with E-state index in [1.807, 2.05) is 0 Å². The third-order valence-corrected chi connectivity index (χ3v) is 2.34. The Labute approximate surface area is 90.5 Å². The van der Waals surface area contributed by atoms with E-state index < -0.39 is 12.0 Å². The number of amides is 1. The standard InChI is InChI=1S/C11H10N2O3/c12-10(15)9(14)8-5-6-3-1-2-4-7(6)11(16)13-8/h1-5,9,14H,(H2,12,15)(H,13,16). The van der Waals surface area contributed by atoms with Crippen LogP contribution >= 0.6 is 0 Å². The molecule has 1 aromatic carbocycles. The SMILES string of the molecule is NC(=O)C(O)c1cc2ccccc2c(=O)[nH]1. The highest BCUT2D eigenvalue weighted by Crippen LogP contribution is 2.14. The van der Waals surface area contributed by atoms with E-state index in [4.69, 9.17) is 5.73 Å². The molecule has 0 fully saturated rings. The minimum Gasteiger partial charge on any atom is -0.377 e. The normalized spacial score (nSPS) is 12.6. The lowest BCUT2D eigenvalue weighted by atomic mass is 10.1. The van der Waals surface area contributed by atoms with Gasteiger partial charge in [-0.2, -0.15) is 0 Å². The molecule has 0 saturated carbocycles. The van der Waals surface area contributed by atoms with Crippen molar-refractivity contribution >= 4 is 16.7 Å². The highest BCUT2D eigenvalue weighted by atomic mass is 16.3. The zero-order valence-electron chi connectivity index (χ0n) is 8.31. The lowest BCUT2D eigenvalue weighted by Gasteiger charge is -2.07. The monoisotopic (exact) mass is 218 g/mol. The molecule has 1 aromatic heterocycles. The van der Waals surface area contributed by atoms with Crippen molar-refractivity contribution < 1.29 is 9.90 Å². The number of primary amides is 1. The average Bonchev–Trinajstić information content (AvgIpc) is 2.28. The van der Waals surface area contributed by atoms with Crippen molar-refractivity contribution in [3.63, 3.8) is 0 Å². The van der Waals surface area contributed by atoms with Crippen LogP contribution < -0.4 is 11.3 Å². The fourth-order valence-electron chi connectivity index (χ4n) is 1.53. The summed E-state index contributed by atoms with van der Waals surface area (Å²) in [7, 11) is 0. The number of benzene rings is 1. The Hall–Kier alpha value is -2.14. The minimum atomic E-state index is -1.49. The van der Waals surface area contributed by atoms with Crippen molar-refractivity contribution in [2.45, 2.75) is 6.10 Å². The third-order valence-electron chi connectivity index (χ3n) is 2.34. The minimum absolute atomic E-state index is 0.108. The number of hydrogen-bond acceptors (Lipinski definition) is 3. The summed E-state index contributed by atoms with van der Waals surface area (Å²) in [5.41, 5.74) is 4.71. The fraction of sp³-hybridized carbons (Fsp3) is 0.0909. The number of nitrogens with two attached hydrogens (primary N) is 1. The molecule has 1 atom stereocenters. The quantitative estimate of drug-likeness (QED) is 0.664. The summed E-state index contributed by atoms with van der Waals surface area (Å²) in [6.45, 7) is 0. The van der Waals surface area contributed by atoms with Crippen LogP contribution in [0, 0.1) is 0 Å². The van der Waals surface area contributed by atoms with E-state index in [9.17, 15) is 14.7 Å². The Balaban J connectivity index is 2.67. The van der Waals surface area contributed by atoms with Gasteiger partial charge in [-0.1, -0.05) is 18.2 Å². The maximum atomic E-state index is 11.6. The van der Waals surface area contributed by atoms with Gasteiger partial charge in [-0.25, -0.2) is 0 Å². The second kappa shape index (κ2) is 3.79. The molecule has 82 valence electrons. The van der Waals surface area contributed by atoms with Gasteiger partial charge in [0, 0.05) is 5.39 Å². The molecule has 0 bridgehead atoms. The number of carbonyl (C=O) groups is 1. The number of fused-ring (bicyclic) bond motifs is 1. The van der Waals surface area contributed by atoms with E-state index in [0.717, 1.165) is 0 Å². The lowest BCUT2D eigenvalue weighted by Crippen LogP contribution is -2.24. The van der Waals surface area contributed by atoms with Crippen molar-refractivity contribution in [2.75, 3.05) is 0 Å². The smallest absolute Gasteiger partial charge is 0.256 e. The number of H-pyrrole nitrogens is 1. The average molecular weight is 218 g/mol. The molecule has 0 aliphatic heterocycles. The van der Waals surface area contributed by atoms with Crippen LogP contribution in [0.2, 0.25) is 0 Å². The van der Waals surface area contributed by atoms with Gasteiger partial charge in [-0.15, -0.1) is 0 Å². The maximum absolute atomic E-state index is 11.6. The third kappa shape index (κ3) is 1.68. The van der Waals surface area contributed by atoms with Crippen LogP contribution in [0.25, 0.3) is 10.8 Å². The van der Waals surface area contributed by atoms with Crippen LogP contribution in [0.4, 0.5) is 0 Å². The molecule has 0 radical (unpaired) electrons. The Kier molecular flexibility index (Phi) is 2.46. The first-order chi connectivity index (χ1) is 7.59. The van der Waals surface area contributed by atoms with Crippen LogP contribution in [-0.4, -0.2) is 16.0 Å². The zero-order chi connectivity index (χ0) is 11.7. The predicted molar refractivity (Wildman–Crippen MR) is 58.7 cm³/mol. The van der Waals surface area contributed by atoms with Crippen molar-refractivity contribution in [1.82, 2.24) is 4.98 Å². The molecule has 0 spiro atoms. The summed E-state index contributed by atoms with van der Waals surface area (Å²) in [6.07, 6.45) is -1.49. The number of aromatic amines is 1. The van der Waals surface area contributed by atoms with Crippen molar-refractivity contribution in [3.8, 4) is 0 Å². The number of rotatable bonds is 2. The fourth-order valence-corrected chi connectivity index (χ4v) is 1.53. The molecule has 0 aliphatic carbocycles. The molecule has 1 amide bonds. The summed E-state index contributed by atoms with van der Waals surface area (Å²) in [5.74, 6) is -0.897. The van der Waals surface area contributed by atoms with Crippen molar-refractivity contribution in [3.05, 3.63) is 46.4 Å². The molecule has 4 N–H and O–H groups in total. The number of aliphatic hydroxyl groups excluding tert-OH is 1. The Bertz CT molecular complexity index is 603. The van der Waals surface area contributed by atoms with Crippen LogP contribution in [0.3, 0.4) is 0 Å². The Morgan fingerprint density at radius 3 is 2.75 bits per heavy atom. The van der Waals surface area contributed by atoms with Gasteiger partial charge in [0.1, 0.15) is 0 Å². The number of aliphatic hydroxyl groups is 1. The molecule has 0 aliphatic rings. The molecule has 5 nitrogen and oxygen atoms in total. The Morgan fingerprint density at radius 2 is 2.06 bits per heavy atom. The largest absolute Gasteiger partial charge is 0.377 e. The summed E-state index contributed by atoms with van der Waals surface area (Å²) in [4.78, 5) is 24.8. The van der Waals surface area contributed by atoms with E-state index >= 15 is 0 Å². The van der Waals surface area contributed by atoms with E-state index in [1.54, 1.807) is 24.3 Å². The van der Waals surface area contributed by atoms with Crippen molar-refractivity contribution in [1.29, 1.82) is 0 Å². The number of hydrogen-bond donors (Lipinski definition) is 3. The highest BCUT2D eigenvalue weighted by Gasteiger charge is 2.15. The van der Waals surface area contributed by atoms with E-state index in [-0.39, 0.29) is 11.3 Å². The lowest BCUT2D eigenvalue weighted by molar-refractivity contribution is -0.126. The van der Waals surface area contributed by atoms with Gasteiger partial charge in [-0.05, 0) is 17.5 Å². The first-order valence-corrected chi connectivity index (χ1v) is 4.69. The van der Waals surface area contributed by atoms with Gasteiger partial charge < -0.3 is 15.8 Å². The van der Waals surface area contributed by atoms with E-state index in [2.05, 4.69) is 4.98 Å². The molecule has 0 saturated heterocycles. The zero-order valence-corrected chi connectivity index (χ0v) is 8.31. The molecule has 2 aromatic rings. The topological polar surface area (TPSA) is 96.2 Å². The van der Waals surface area contributed by atoms with Crippen molar-refractivity contribution in [2.24, 2.45) is 5.73 Å². The summed E-state index contributed by atoms with van der Waals surface area (Å²) >= 11 is 0. The van der Waals surface area contributed by atoms with Gasteiger partial charge in [0.05, 0.1) is 5.69 Å². The van der Waals surface area contributed by atoms with E-state index in [1.165, 1.54) is 6.07 Å². The highest BCUT2D eigenvalue weighted by molar-refractivity contribution is 5.84. The predicted octanol–water partition coefficient (Wildman–Crippen LogP) is 0.0468. The van der Waals surface area contributed by atoms with Gasteiger partial charge in [0.2, 0.25) is 0 Å². The first-order valence-electron chi connectivity index (χ1n) is 4.69. The van der Waals surface area contributed by atoms with Crippen LogP contribution in [0.15, 0.2) is 35.1 Å². The molecule has 1 heterocycles. The molecule has 16 heavy (non-hydrogen) atoms. The van der Waals surface area contributed by atoms with Crippen LogP contribution in [-0.2, 0) is 4.79 Å². The van der Waals surface area contributed by atoms with Gasteiger partial charge in [-0.3, -0.25) is 9.59 Å². The van der Waals surface area contributed by atoms with Crippen LogP contribution in [0.1, 0.15) is 11.8 Å².